The zero-order valence-electron chi connectivity index (χ0n) is 11.3. The molecule has 0 radical (unpaired) electrons. The van der Waals surface area contributed by atoms with Gasteiger partial charge in [-0.05, 0) is 35.0 Å². The standard InChI is InChI=1S/C17H21N/c1-3-4-13-18(2)14-12-16-10-7-9-15-8-5-6-11-17(15)16/h5-12,14H,3-4,13H2,1-2H3/b14-12+. The van der Waals surface area contributed by atoms with Gasteiger partial charge in [-0.15, -0.1) is 0 Å². The molecule has 0 saturated heterocycles. The minimum Gasteiger partial charge on any atom is -0.380 e. The van der Waals surface area contributed by atoms with Crippen molar-refractivity contribution in [2.75, 3.05) is 13.6 Å². The highest BCUT2D eigenvalue weighted by Crippen LogP contribution is 2.19. The molecule has 94 valence electrons. The van der Waals surface area contributed by atoms with E-state index in [1.807, 2.05) is 0 Å². The molecule has 0 N–H and O–H groups in total. The maximum Gasteiger partial charge on any atom is 0.0169 e. The van der Waals surface area contributed by atoms with Gasteiger partial charge in [0.05, 0.1) is 0 Å². The molecule has 2 aromatic rings. The van der Waals surface area contributed by atoms with Crippen molar-refractivity contribution in [2.24, 2.45) is 0 Å². The monoisotopic (exact) mass is 239 g/mol. The maximum atomic E-state index is 2.26. The molecule has 0 aliphatic rings. The molecule has 0 spiro atoms. The van der Waals surface area contributed by atoms with Crippen molar-refractivity contribution in [3.8, 4) is 0 Å². The van der Waals surface area contributed by atoms with Crippen LogP contribution in [0.5, 0.6) is 0 Å². The summed E-state index contributed by atoms with van der Waals surface area (Å²) in [4.78, 5) is 2.26. The van der Waals surface area contributed by atoms with Crippen LogP contribution in [0.3, 0.4) is 0 Å². The first-order chi connectivity index (χ1) is 8.81. The predicted octanol–water partition coefficient (Wildman–Crippen LogP) is 4.54. The largest absolute Gasteiger partial charge is 0.380 e. The van der Waals surface area contributed by atoms with Crippen molar-refractivity contribution in [3.63, 3.8) is 0 Å². The molecule has 0 saturated carbocycles. The third-order valence-electron chi connectivity index (χ3n) is 3.20. The third-order valence-corrected chi connectivity index (χ3v) is 3.20. The minimum atomic E-state index is 1.12. The number of hydrogen-bond acceptors (Lipinski definition) is 1. The lowest BCUT2D eigenvalue weighted by Crippen LogP contribution is -2.11. The van der Waals surface area contributed by atoms with E-state index in [0.717, 1.165) is 6.54 Å². The van der Waals surface area contributed by atoms with Crippen LogP contribution >= 0.6 is 0 Å². The predicted molar refractivity (Wildman–Crippen MR) is 80.5 cm³/mol. The molecule has 0 aliphatic carbocycles. The SMILES string of the molecule is CCCCN(C)/C=C/c1cccc2ccccc12. The number of nitrogens with zero attached hydrogens (tertiary/aromatic N) is 1. The summed E-state index contributed by atoms with van der Waals surface area (Å²) in [5.74, 6) is 0. The van der Waals surface area contributed by atoms with E-state index in [1.54, 1.807) is 0 Å². The molecule has 2 rings (SSSR count). The summed E-state index contributed by atoms with van der Waals surface area (Å²) in [7, 11) is 2.14. The van der Waals surface area contributed by atoms with Crippen LogP contribution in [0.4, 0.5) is 0 Å². The lowest BCUT2D eigenvalue weighted by molar-refractivity contribution is 0.444. The molecule has 18 heavy (non-hydrogen) atoms. The smallest absolute Gasteiger partial charge is 0.0169 e. The number of hydrogen-bond donors (Lipinski definition) is 0. The lowest BCUT2D eigenvalue weighted by Gasteiger charge is -2.13. The van der Waals surface area contributed by atoms with Gasteiger partial charge >= 0.3 is 0 Å². The van der Waals surface area contributed by atoms with E-state index in [2.05, 4.69) is 73.6 Å². The van der Waals surface area contributed by atoms with E-state index in [-0.39, 0.29) is 0 Å². The molecule has 0 amide bonds. The van der Waals surface area contributed by atoms with E-state index in [0.29, 0.717) is 0 Å². The average Bonchev–Trinajstić information content (AvgIpc) is 2.42. The highest BCUT2D eigenvalue weighted by atomic mass is 15.1. The van der Waals surface area contributed by atoms with Crippen LogP contribution in [0.1, 0.15) is 25.3 Å². The normalized spacial score (nSPS) is 11.2. The van der Waals surface area contributed by atoms with Gasteiger partial charge in [-0.2, -0.15) is 0 Å². The Hall–Kier alpha value is -1.76. The van der Waals surface area contributed by atoms with Crippen molar-refractivity contribution in [2.45, 2.75) is 19.8 Å². The van der Waals surface area contributed by atoms with Crippen LogP contribution in [-0.2, 0) is 0 Å². The van der Waals surface area contributed by atoms with Crippen LogP contribution < -0.4 is 0 Å². The van der Waals surface area contributed by atoms with Gasteiger partial charge in [-0.1, -0.05) is 55.8 Å². The Kier molecular flexibility index (Phi) is 4.40. The first kappa shape index (κ1) is 12.7. The van der Waals surface area contributed by atoms with Gasteiger partial charge in [0.15, 0.2) is 0 Å². The molecule has 0 atom stereocenters. The first-order valence-electron chi connectivity index (χ1n) is 6.67. The zero-order chi connectivity index (χ0) is 12.8. The van der Waals surface area contributed by atoms with E-state index >= 15 is 0 Å². The fraction of sp³-hybridized carbons (Fsp3) is 0.294. The molecular weight excluding hydrogens is 218 g/mol. The second-order valence-electron chi connectivity index (χ2n) is 4.72. The Morgan fingerprint density at radius 3 is 2.67 bits per heavy atom. The van der Waals surface area contributed by atoms with Gasteiger partial charge in [-0.25, -0.2) is 0 Å². The van der Waals surface area contributed by atoms with E-state index < -0.39 is 0 Å². The van der Waals surface area contributed by atoms with Gasteiger partial charge < -0.3 is 4.90 Å². The Morgan fingerprint density at radius 2 is 1.83 bits per heavy atom. The van der Waals surface area contributed by atoms with Crippen molar-refractivity contribution < 1.29 is 0 Å². The second-order valence-corrected chi connectivity index (χ2v) is 4.72. The van der Waals surface area contributed by atoms with Gasteiger partial charge in [-0.3, -0.25) is 0 Å². The molecule has 0 bridgehead atoms. The molecule has 1 heteroatoms. The molecule has 1 nitrogen and oxygen atoms in total. The lowest BCUT2D eigenvalue weighted by atomic mass is 10.0. The van der Waals surface area contributed by atoms with Crippen LogP contribution in [0.2, 0.25) is 0 Å². The molecular formula is C17H21N. The Morgan fingerprint density at radius 1 is 1.06 bits per heavy atom. The van der Waals surface area contributed by atoms with Crippen LogP contribution in [0.25, 0.3) is 16.8 Å². The highest BCUT2D eigenvalue weighted by molar-refractivity contribution is 5.90. The Bertz CT molecular complexity index is 523. The fourth-order valence-electron chi connectivity index (χ4n) is 2.09. The van der Waals surface area contributed by atoms with E-state index in [4.69, 9.17) is 0 Å². The van der Waals surface area contributed by atoms with E-state index in [9.17, 15) is 0 Å². The van der Waals surface area contributed by atoms with Crippen molar-refractivity contribution >= 4 is 16.8 Å². The average molecular weight is 239 g/mol. The summed E-state index contributed by atoms with van der Waals surface area (Å²) in [6, 6.07) is 15.0. The number of benzene rings is 2. The van der Waals surface area contributed by atoms with Crippen molar-refractivity contribution in [1.82, 2.24) is 4.90 Å². The molecule has 0 heterocycles. The maximum absolute atomic E-state index is 2.26. The third kappa shape index (κ3) is 3.13. The number of rotatable bonds is 5. The van der Waals surface area contributed by atoms with Crippen molar-refractivity contribution in [3.05, 3.63) is 54.2 Å². The summed E-state index contributed by atoms with van der Waals surface area (Å²) in [5, 5.41) is 2.62. The summed E-state index contributed by atoms with van der Waals surface area (Å²) in [6.45, 7) is 3.35. The Balaban J connectivity index is 2.18. The zero-order valence-corrected chi connectivity index (χ0v) is 11.3. The van der Waals surface area contributed by atoms with Crippen molar-refractivity contribution in [1.29, 1.82) is 0 Å². The molecule has 0 aliphatic heterocycles. The first-order valence-corrected chi connectivity index (χ1v) is 6.67. The summed E-state index contributed by atoms with van der Waals surface area (Å²) >= 11 is 0. The summed E-state index contributed by atoms with van der Waals surface area (Å²) < 4.78 is 0. The van der Waals surface area contributed by atoms with Crippen LogP contribution in [-0.4, -0.2) is 18.5 Å². The van der Waals surface area contributed by atoms with Gasteiger partial charge in [0, 0.05) is 13.6 Å². The minimum absolute atomic E-state index is 1.12. The number of unbranched alkanes of at least 4 members (excludes halogenated alkanes) is 1. The van der Waals surface area contributed by atoms with E-state index in [1.165, 1.54) is 29.2 Å². The molecule has 0 fully saturated rings. The fourth-order valence-corrected chi connectivity index (χ4v) is 2.09. The Labute approximate surface area is 110 Å². The van der Waals surface area contributed by atoms with Gasteiger partial charge in [0.2, 0.25) is 0 Å². The topological polar surface area (TPSA) is 3.24 Å². The van der Waals surface area contributed by atoms with Crippen LogP contribution in [0.15, 0.2) is 48.7 Å². The second kappa shape index (κ2) is 6.25. The molecule has 2 aromatic carbocycles. The quantitative estimate of drug-likeness (QED) is 0.740. The molecule has 0 aromatic heterocycles. The van der Waals surface area contributed by atoms with Crippen LogP contribution in [0, 0.1) is 0 Å². The van der Waals surface area contributed by atoms with Gasteiger partial charge in [0.1, 0.15) is 0 Å². The molecule has 0 unspecified atom stereocenters. The summed E-state index contributed by atoms with van der Waals surface area (Å²) in [5.41, 5.74) is 1.29. The van der Waals surface area contributed by atoms with Gasteiger partial charge in [0.25, 0.3) is 0 Å². The summed E-state index contributed by atoms with van der Waals surface area (Å²) in [6.07, 6.45) is 6.87. The highest BCUT2D eigenvalue weighted by Gasteiger charge is 1.96. The number of fused-ring (bicyclic) bond motifs is 1.